The molecule has 0 fully saturated rings. The second-order valence-electron chi connectivity index (χ2n) is 5.57. The quantitative estimate of drug-likeness (QED) is 0.562. The van der Waals surface area contributed by atoms with Crippen molar-refractivity contribution in [1.29, 1.82) is 0 Å². The molecule has 2 heterocycles. The van der Waals surface area contributed by atoms with E-state index in [4.69, 9.17) is 9.47 Å². The summed E-state index contributed by atoms with van der Waals surface area (Å²) < 4.78 is 25.7. The number of hydrogen-bond donors (Lipinski definition) is 0. The van der Waals surface area contributed by atoms with Crippen LogP contribution in [0.2, 0.25) is 0 Å². The Balaban J connectivity index is 1.79. The molecule has 0 unspecified atom stereocenters. The maximum atomic E-state index is 13.4. The van der Waals surface area contributed by atoms with Crippen LogP contribution in [0.15, 0.2) is 54.9 Å². The zero-order valence-corrected chi connectivity index (χ0v) is 14.2. The van der Waals surface area contributed by atoms with Crippen molar-refractivity contribution in [2.24, 2.45) is 0 Å². The molecule has 0 bridgehead atoms. The third-order valence-corrected chi connectivity index (χ3v) is 4.02. The summed E-state index contributed by atoms with van der Waals surface area (Å²) >= 11 is 0. The molecule has 6 nitrogen and oxygen atoms in total. The van der Waals surface area contributed by atoms with Gasteiger partial charge in [0.15, 0.2) is 17.3 Å². The van der Waals surface area contributed by atoms with Crippen LogP contribution in [-0.2, 0) is 0 Å². The van der Waals surface area contributed by atoms with Gasteiger partial charge in [0.2, 0.25) is 0 Å². The minimum atomic E-state index is -0.327. The molecule has 130 valence electrons. The van der Waals surface area contributed by atoms with Crippen LogP contribution in [0.3, 0.4) is 0 Å². The minimum absolute atomic E-state index is 0.327. The van der Waals surface area contributed by atoms with Gasteiger partial charge >= 0.3 is 0 Å². The fourth-order valence-corrected chi connectivity index (χ4v) is 2.75. The number of benzene rings is 2. The number of nitrogens with zero attached hydrogens (tertiary/aromatic N) is 4. The molecule has 0 radical (unpaired) electrons. The van der Waals surface area contributed by atoms with Crippen LogP contribution in [0.4, 0.5) is 4.39 Å². The average Bonchev–Trinajstić information content (AvgIpc) is 3.10. The third kappa shape index (κ3) is 2.73. The Hall–Kier alpha value is -3.48. The maximum Gasteiger partial charge on any atom is 0.162 e. The van der Waals surface area contributed by atoms with Crippen molar-refractivity contribution in [3.05, 3.63) is 60.7 Å². The highest BCUT2D eigenvalue weighted by Crippen LogP contribution is 2.30. The predicted octanol–water partition coefficient (Wildman–Crippen LogP) is 3.64. The summed E-state index contributed by atoms with van der Waals surface area (Å²) in [4.78, 5) is 8.85. The summed E-state index contributed by atoms with van der Waals surface area (Å²) in [5, 5.41) is 4.39. The molecule has 2 aromatic carbocycles. The first-order valence-electron chi connectivity index (χ1n) is 7.88. The fraction of sp³-hybridized carbons (Fsp3) is 0.105. The summed E-state index contributed by atoms with van der Waals surface area (Å²) in [5.41, 5.74) is 2.80. The van der Waals surface area contributed by atoms with E-state index in [9.17, 15) is 4.39 Å². The number of halogens is 1. The molecule has 0 saturated carbocycles. The topological polar surface area (TPSA) is 62.1 Å². The highest BCUT2D eigenvalue weighted by atomic mass is 19.1. The molecule has 0 saturated heterocycles. The Kier molecular flexibility index (Phi) is 3.96. The molecule has 0 atom stereocenters. The first kappa shape index (κ1) is 16.0. The normalized spacial score (nSPS) is 10.9. The lowest BCUT2D eigenvalue weighted by Crippen LogP contribution is -1.99. The van der Waals surface area contributed by atoms with Gasteiger partial charge in [-0.3, -0.25) is 0 Å². The van der Waals surface area contributed by atoms with Crippen molar-refractivity contribution < 1.29 is 13.9 Å². The molecule has 26 heavy (non-hydrogen) atoms. The van der Waals surface area contributed by atoms with E-state index in [0.29, 0.717) is 28.4 Å². The molecule has 0 amide bonds. The monoisotopic (exact) mass is 350 g/mol. The van der Waals surface area contributed by atoms with Crippen LogP contribution >= 0.6 is 0 Å². The van der Waals surface area contributed by atoms with E-state index < -0.39 is 0 Å². The van der Waals surface area contributed by atoms with Crippen LogP contribution < -0.4 is 9.47 Å². The van der Waals surface area contributed by atoms with E-state index in [1.54, 1.807) is 43.4 Å². The Bertz CT molecular complexity index is 1090. The largest absolute Gasteiger partial charge is 0.493 e. The van der Waals surface area contributed by atoms with Gasteiger partial charge in [0.05, 0.1) is 32.3 Å². The van der Waals surface area contributed by atoms with Crippen molar-refractivity contribution >= 4 is 11.0 Å². The van der Waals surface area contributed by atoms with E-state index in [2.05, 4.69) is 15.1 Å². The lowest BCUT2D eigenvalue weighted by atomic mass is 10.2. The zero-order valence-electron chi connectivity index (χ0n) is 14.2. The van der Waals surface area contributed by atoms with E-state index in [-0.39, 0.29) is 5.82 Å². The smallest absolute Gasteiger partial charge is 0.162 e. The van der Waals surface area contributed by atoms with Crippen molar-refractivity contribution in [1.82, 2.24) is 19.7 Å². The number of methoxy groups -OCH3 is 2. The van der Waals surface area contributed by atoms with Gasteiger partial charge in [-0.15, -0.1) is 0 Å². The molecule has 0 aliphatic carbocycles. The van der Waals surface area contributed by atoms with Gasteiger partial charge in [-0.1, -0.05) is 12.1 Å². The first-order valence-corrected chi connectivity index (χ1v) is 7.88. The molecule has 4 rings (SSSR count). The van der Waals surface area contributed by atoms with Crippen molar-refractivity contribution in [3.63, 3.8) is 0 Å². The second kappa shape index (κ2) is 6.44. The van der Waals surface area contributed by atoms with E-state index in [1.807, 2.05) is 18.2 Å². The number of ether oxygens (including phenoxy) is 2. The summed E-state index contributed by atoms with van der Waals surface area (Å²) in [6.07, 6.45) is 3.32. The van der Waals surface area contributed by atoms with Gasteiger partial charge in [-0.25, -0.2) is 19.0 Å². The van der Waals surface area contributed by atoms with E-state index in [1.165, 1.54) is 12.1 Å². The predicted molar refractivity (Wildman–Crippen MR) is 95.2 cm³/mol. The summed E-state index contributed by atoms with van der Waals surface area (Å²) in [6, 6.07) is 11.7. The number of aromatic nitrogens is 4. The Morgan fingerprint density at radius 3 is 2.58 bits per heavy atom. The SMILES string of the molecule is COc1ccc(-n2ncc3nc(-c4cccc(F)c4)ncc32)cc1OC. The molecule has 7 heteroatoms. The first-order chi connectivity index (χ1) is 12.7. The molecular formula is C19H15FN4O2. The number of hydrogen-bond acceptors (Lipinski definition) is 5. The molecule has 0 spiro atoms. The van der Waals surface area contributed by atoms with E-state index >= 15 is 0 Å². The summed E-state index contributed by atoms with van der Waals surface area (Å²) in [6.45, 7) is 0. The molecule has 2 aromatic heterocycles. The van der Waals surface area contributed by atoms with Gasteiger partial charge in [0.25, 0.3) is 0 Å². The van der Waals surface area contributed by atoms with Gasteiger partial charge in [-0.2, -0.15) is 5.10 Å². The van der Waals surface area contributed by atoms with Crippen molar-refractivity contribution in [2.75, 3.05) is 14.2 Å². The van der Waals surface area contributed by atoms with Gasteiger partial charge < -0.3 is 9.47 Å². The third-order valence-electron chi connectivity index (χ3n) is 4.02. The standard InChI is InChI=1S/C19H15FN4O2/c1-25-17-7-6-14(9-18(17)26-2)24-16-11-21-19(23-15(16)10-22-24)12-4-3-5-13(20)8-12/h3-11H,1-2H3. The Morgan fingerprint density at radius 1 is 0.962 bits per heavy atom. The highest BCUT2D eigenvalue weighted by molar-refractivity contribution is 5.77. The summed E-state index contributed by atoms with van der Waals surface area (Å²) in [7, 11) is 3.17. The average molecular weight is 350 g/mol. The van der Waals surface area contributed by atoms with Crippen LogP contribution in [0, 0.1) is 5.82 Å². The van der Waals surface area contributed by atoms with Gasteiger partial charge in [-0.05, 0) is 24.3 Å². The van der Waals surface area contributed by atoms with Gasteiger partial charge in [0.1, 0.15) is 16.9 Å². The Morgan fingerprint density at radius 2 is 1.81 bits per heavy atom. The zero-order chi connectivity index (χ0) is 18.1. The minimum Gasteiger partial charge on any atom is -0.493 e. The van der Waals surface area contributed by atoms with Crippen LogP contribution in [0.5, 0.6) is 11.5 Å². The van der Waals surface area contributed by atoms with Gasteiger partial charge in [0, 0.05) is 11.6 Å². The Labute approximate surface area is 148 Å². The van der Waals surface area contributed by atoms with Crippen molar-refractivity contribution in [3.8, 4) is 28.6 Å². The highest BCUT2D eigenvalue weighted by Gasteiger charge is 2.12. The summed E-state index contributed by atoms with van der Waals surface area (Å²) in [5.74, 6) is 1.36. The van der Waals surface area contributed by atoms with Crippen LogP contribution in [0.1, 0.15) is 0 Å². The molecule has 0 aliphatic heterocycles. The van der Waals surface area contributed by atoms with E-state index in [0.717, 1.165) is 11.2 Å². The molecule has 0 aliphatic rings. The van der Waals surface area contributed by atoms with Crippen molar-refractivity contribution in [2.45, 2.75) is 0 Å². The molecule has 4 aromatic rings. The maximum absolute atomic E-state index is 13.4. The number of fused-ring (bicyclic) bond motifs is 1. The fourth-order valence-electron chi connectivity index (χ4n) is 2.75. The lowest BCUT2D eigenvalue weighted by Gasteiger charge is -2.10. The number of rotatable bonds is 4. The molecular weight excluding hydrogens is 335 g/mol. The second-order valence-corrected chi connectivity index (χ2v) is 5.57. The van der Waals surface area contributed by atoms with Crippen LogP contribution in [0.25, 0.3) is 28.1 Å². The molecule has 0 N–H and O–H groups in total. The lowest BCUT2D eigenvalue weighted by molar-refractivity contribution is 0.355. The van der Waals surface area contributed by atoms with Crippen LogP contribution in [-0.4, -0.2) is 34.0 Å².